The van der Waals surface area contributed by atoms with Gasteiger partial charge in [0.05, 0.1) is 17.3 Å². The number of imidazole rings is 1. The topological polar surface area (TPSA) is 99.0 Å². The normalized spacial score (nSPS) is 11.1. The summed E-state index contributed by atoms with van der Waals surface area (Å²) < 4.78 is 12.5. The summed E-state index contributed by atoms with van der Waals surface area (Å²) >= 11 is 0. The molecule has 0 fully saturated rings. The molecule has 4 aromatic rings. The van der Waals surface area contributed by atoms with Crippen LogP contribution in [0.1, 0.15) is 18.1 Å². The van der Waals surface area contributed by atoms with Crippen LogP contribution in [-0.4, -0.2) is 32.1 Å². The summed E-state index contributed by atoms with van der Waals surface area (Å²) in [5, 5.41) is 6.77. The van der Waals surface area contributed by atoms with Crippen LogP contribution in [0.2, 0.25) is 0 Å². The quantitative estimate of drug-likeness (QED) is 0.541. The third-order valence-corrected chi connectivity index (χ3v) is 4.28. The van der Waals surface area contributed by atoms with Crippen LogP contribution in [0, 0.1) is 6.92 Å². The molecule has 0 bridgehead atoms. The molecule has 3 aromatic heterocycles. The first-order valence-corrected chi connectivity index (χ1v) is 8.76. The van der Waals surface area contributed by atoms with E-state index in [1.165, 1.54) is 0 Å². The summed E-state index contributed by atoms with van der Waals surface area (Å²) in [5.41, 5.74) is 2.03. The summed E-state index contributed by atoms with van der Waals surface area (Å²) in [6, 6.07) is 11.5. The first-order valence-electron chi connectivity index (χ1n) is 8.76. The number of para-hydroxylation sites is 2. The largest absolute Gasteiger partial charge is 0.461 e. The van der Waals surface area contributed by atoms with Gasteiger partial charge in [-0.3, -0.25) is 4.79 Å². The Morgan fingerprint density at radius 1 is 1.19 bits per heavy atom. The van der Waals surface area contributed by atoms with E-state index in [0.717, 1.165) is 16.9 Å². The van der Waals surface area contributed by atoms with Crippen LogP contribution < -0.4 is 5.32 Å². The number of fused-ring (bicyclic) bond motifs is 1. The smallest absolute Gasteiger partial charge is 0.238 e. The number of nitrogens with zero attached hydrogens (tertiary/aromatic N) is 4. The molecule has 138 valence electrons. The predicted molar refractivity (Wildman–Crippen MR) is 97.8 cm³/mol. The Morgan fingerprint density at radius 2 is 2.07 bits per heavy atom. The summed E-state index contributed by atoms with van der Waals surface area (Å²) in [4.78, 5) is 20.8. The third kappa shape index (κ3) is 3.74. The Bertz CT molecular complexity index is 1050. The van der Waals surface area contributed by atoms with E-state index in [9.17, 15) is 4.79 Å². The van der Waals surface area contributed by atoms with Crippen molar-refractivity contribution in [1.29, 1.82) is 0 Å². The highest BCUT2D eigenvalue weighted by molar-refractivity contribution is 5.77. The second kappa shape index (κ2) is 7.45. The number of benzene rings is 1. The molecule has 0 unspecified atom stereocenters. The predicted octanol–water partition coefficient (Wildman–Crippen LogP) is 2.74. The molecule has 0 saturated carbocycles. The zero-order valence-electron chi connectivity index (χ0n) is 14.9. The van der Waals surface area contributed by atoms with Crippen molar-refractivity contribution in [2.24, 2.45) is 0 Å². The summed E-state index contributed by atoms with van der Waals surface area (Å²) in [6.45, 7) is 3.16. The highest BCUT2D eigenvalue weighted by Crippen LogP contribution is 2.16. The second-order valence-electron chi connectivity index (χ2n) is 6.14. The molecule has 0 atom stereocenters. The van der Waals surface area contributed by atoms with Gasteiger partial charge in [-0.25, -0.2) is 4.98 Å². The Labute approximate surface area is 155 Å². The number of hydrogen-bond acceptors (Lipinski definition) is 6. The van der Waals surface area contributed by atoms with Crippen LogP contribution in [0.5, 0.6) is 0 Å². The standard InChI is InChI=1S/C19H19N5O3/c1-13-21-14-5-2-3-6-15(14)24(13)11-10-20-17(25)8-9-18-22-19(23-27-18)16-7-4-12-26-16/h2-7,12H,8-11H2,1H3,(H,20,25). The fourth-order valence-corrected chi connectivity index (χ4v) is 2.96. The molecular weight excluding hydrogens is 346 g/mol. The van der Waals surface area contributed by atoms with Crippen molar-refractivity contribution in [3.63, 3.8) is 0 Å². The highest BCUT2D eigenvalue weighted by atomic mass is 16.5. The number of hydrogen-bond donors (Lipinski definition) is 1. The van der Waals surface area contributed by atoms with E-state index in [2.05, 4.69) is 25.0 Å². The lowest BCUT2D eigenvalue weighted by atomic mass is 10.3. The fourth-order valence-electron chi connectivity index (χ4n) is 2.96. The summed E-state index contributed by atoms with van der Waals surface area (Å²) in [7, 11) is 0. The second-order valence-corrected chi connectivity index (χ2v) is 6.14. The molecule has 0 aliphatic rings. The average molecular weight is 365 g/mol. The molecular formula is C19H19N5O3. The molecule has 8 nitrogen and oxygen atoms in total. The van der Waals surface area contributed by atoms with E-state index >= 15 is 0 Å². The number of aryl methyl sites for hydroxylation is 2. The molecule has 8 heteroatoms. The lowest BCUT2D eigenvalue weighted by Crippen LogP contribution is -2.27. The maximum atomic E-state index is 12.1. The van der Waals surface area contributed by atoms with Crippen molar-refractivity contribution in [2.75, 3.05) is 6.54 Å². The molecule has 4 rings (SSSR count). The lowest BCUT2D eigenvalue weighted by Gasteiger charge is -2.08. The van der Waals surface area contributed by atoms with E-state index in [-0.39, 0.29) is 12.3 Å². The van der Waals surface area contributed by atoms with Crippen LogP contribution >= 0.6 is 0 Å². The van der Waals surface area contributed by atoms with Crippen LogP contribution in [0.25, 0.3) is 22.6 Å². The molecule has 0 aliphatic heterocycles. The van der Waals surface area contributed by atoms with Crippen molar-refractivity contribution >= 4 is 16.9 Å². The number of furan rings is 1. The Hall–Kier alpha value is -3.42. The number of amides is 1. The van der Waals surface area contributed by atoms with Gasteiger partial charge in [0.1, 0.15) is 5.82 Å². The van der Waals surface area contributed by atoms with Crippen molar-refractivity contribution < 1.29 is 13.7 Å². The minimum Gasteiger partial charge on any atom is -0.461 e. The van der Waals surface area contributed by atoms with Gasteiger partial charge in [0.15, 0.2) is 5.76 Å². The van der Waals surface area contributed by atoms with Crippen LogP contribution in [0.3, 0.4) is 0 Å². The average Bonchev–Trinajstić information content (AvgIpc) is 3.40. The zero-order chi connectivity index (χ0) is 18.6. The Kier molecular flexibility index (Phi) is 4.69. The fraction of sp³-hybridized carbons (Fsp3) is 0.263. The zero-order valence-corrected chi connectivity index (χ0v) is 14.9. The van der Waals surface area contributed by atoms with E-state index in [0.29, 0.717) is 37.0 Å². The molecule has 1 amide bonds. The van der Waals surface area contributed by atoms with E-state index in [1.54, 1.807) is 18.4 Å². The van der Waals surface area contributed by atoms with Gasteiger partial charge in [0, 0.05) is 25.9 Å². The first-order chi connectivity index (χ1) is 13.2. The molecule has 1 N–H and O–H groups in total. The van der Waals surface area contributed by atoms with Gasteiger partial charge in [-0.15, -0.1) is 0 Å². The van der Waals surface area contributed by atoms with Crippen LogP contribution in [0.15, 0.2) is 51.6 Å². The van der Waals surface area contributed by atoms with Gasteiger partial charge in [-0.2, -0.15) is 4.98 Å². The van der Waals surface area contributed by atoms with Crippen LogP contribution in [-0.2, 0) is 17.8 Å². The van der Waals surface area contributed by atoms with Crippen molar-refractivity contribution in [3.05, 3.63) is 54.4 Å². The molecule has 0 aliphatic carbocycles. The SMILES string of the molecule is Cc1nc2ccccc2n1CCNC(=O)CCc1nc(-c2ccco2)no1. The van der Waals surface area contributed by atoms with Gasteiger partial charge in [-0.05, 0) is 31.2 Å². The van der Waals surface area contributed by atoms with Crippen molar-refractivity contribution in [2.45, 2.75) is 26.3 Å². The third-order valence-electron chi connectivity index (χ3n) is 4.28. The van der Waals surface area contributed by atoms with E-state index in [1.807, 2.05) is 31.2 Å². The van der Waals surface area contributed by atoms with Gasteiger partial charge < -0.3 is 18.8 Å². The molecule has 3 heterocycles. The lowest BCUT2D eigenvalue weighted by molar-refractivity contribution is -0.121. The number of carbonyl (C=O) groups is 1. The van der Waals surface area contributed by atoms with Gasteiger partial charge in [-0.1, -0.05) is 17.3 Å². The monoisotopic (exact) mass is 365 g/mol. The molecule has 27 heavy (non-hydrogen) atoms. The Balaban J connectivity index is 1.27. The minimum atomic E-state index is -0.0603. The maximum Gasteiger partial charge on any atom is 0.238 e. The first kappa shape index (κ1) is 17.0. The van der Waals surface area contributed by atoms with E-state index < -0.39 is 0 Å². The highest BCUT2D eigenvalue weighted by Gasteiger charge is 2.12. The Morgan fingerprint density at radius 3 is 2.93 bits per heavy atom. The number of nitrogens with one attached hydrogen (secondary N) is 1. The number of carbonyl (C=O) groups excluding carboxylic acids is 1. The number of aromatic nitrogens is 4. The van der Waals surface area contributed by atoms with Crippen molar-refractivity contribution in [3.8, 4) is 11.6 Å². The summed E-state index contributed by atoms with van der Waals surface area (Å²) in [6.07, 6.45) is 2.21. The number of rotatable bonds is 7. The van der Waals surface area contributed by atoms with Gasteiger partial charge in [0.25, 0.3) is 0 Å². The minimum absolute atomic E-state index is 0.0603. The maximum absolute atomic E-state index is 12.1. The van der Waals surface area contributed by atoms with Crippen molar-refractivity contribution in [1.82, 2.24) is 25.0 Å². The van der Waals surface area contributed by atoms with Gasteiger partial charge >= 0.3 is 0 Å². The molecule has 1 aromatic carbocycles. The summed E-state index contributed by atoms with van der Waals surface area (Å²) in [5.74, 6) is 2.21. The van der Waals surface area contributed by atoms with Crippen LogP contribution in [0.4, 0.5) is 0 Å². The molecule has 0 spiro atoms. The van der Waals surface area contributed by atoms with E-state index in [4.69, 9.17) is 8.94 Å². The molecule has 0 radical (unpaired) electrons. The van der Waals surface area contributed by atoms with Gasteiger partial charge in [0.2, 0.25) is 17.6 Å². The molecule has 0 saturated heterocycles.